The SMILES string of the molecule is Cc1ccc(Nc2cnnc(N3CCCC3)n2)cc1C. The van der Waals surface area contributed by atoms with Gasteiger partial charge in [-0.15, -0.1) is 5.10 Å². The van der Waals surface area contributed by atoms with E-state index in [0.29, 0.717) is 0 Å². The fourth-order valence-electron chi connectivity index (χ4n) is 2.37. The van der Waals surface area contributed by atoms with Crippen LogP contribution < -0.4 is 10.2 Å². The van der Waals surface area contributed by atoms with Crippen molar-refractivity contribution in [2.45, 2.75) is 26.7 Å². The van der Waals surface area contributed by atoms with Gasteiger partial charge in [-0.3, -0.25) is 0 Å². The molecule has 1 N–H and O–H groups in total. The Morgan fingerprint density at radius 1 is 1.10 bits per heavy atom. The molecule has 20 heavy (non-hydrogen) atoms. The Bertz CT molecular complexity index is 605. The minimum atomic E-state index is 0.719. The Labute approximate surface area is 119 Å². The van der Waals surface area contributed by atoms with Crippen LogP contribution in [0.3, 0.4) is 0 Å². The largest absolute Gasteiger partial charge is 0.339 e. The molecule has 0 radical (unpaired) electrons. The molecule has 0 unspecified atom stereocenters. The molecule has 0 bridgehead atoms. The van der Waals surface area contributed by atoms with Crippen LogP contribution in [0, 0.1) is 13.8 Å². The summed E-state index contributed by atoms with van der Waals surface area (Å²) in [5, 5.41) is 11.5. The molecule has 2 heterocycles. The second kappa shape index (κ2) is 5.45. The summed E-state index contributed by atoms with van der Waals surface area (Å²) in [5.41, 5.74) is 3.58. The highest BCUT2D eigenvalue weighted by atomic mass is 15.3. The molecular formula is C15H19N5. The lowest BCUT2D eigenvalue weighted by Gasteiger charge is -2.15. The first-order valence-electron chi connectivity index (χ1n) is 7.01. The summed E-state index contributed by atoms with van der Waals surface area (Å²) in [6.45, 7) is 6.26. The van der Waals surface area contributed by atoms with Crippen molar-refractivity contribution in [3.63, 3.8) is 0 Å². The van der Waals surface area contributed by atoms with Crippen LogP contribution in [-0.2, 0) is 0 Å². The third-order valence-corrected chi connectivity index (χ3v) is 3.72. The second-order valence-corrected chi connectivity index (χ2v) is 5.26. The van der Waals surface area contributed by atoms with E-state index in [1.807, 2.05) is 0 Å². The van der Waals surface area contributed by atoms with Gasteiger partial charge >= 0.3 is 0 Å². The lowest BCUT2D eigenvalue weighted by molar-refractivity contribution is 0.852. The van der Waals surface area contributed by atoms with Crippen LogP contribution in [0.25, 0.3) is 0 Å². The van der Waals surface area contributed by atoms with Crippen molar-refractivity contribution in [2.75, 3.05) is 23.3 Å². The number of hydrogen-bond acceptors (Lipinski definition) is 5. The van der Waals surface area contributed by atoms with Crippen LogP contribution in [0.4, 0.5) is 17.5 Å². The molecule has 3 rings (SSSR count). The molecule has 5 heteroatoms. The molecule has 1 aromatic carbocycles. The Hall–Kier alpha value is -2.17. The number of rotatable bonds is 3. The fourth-order valence-corrected chi connectivity index (χ4v) is 2.37. The van der Waals surface area contributed by atoms with Gasteiger partial charge in [-0.25, -0.2) is 0 Å². The van der Waals surface area contributed by atoms with Crippen molar-refractivity contribution in [1.82, 2.24) is 15.2 Å². The molecular weight excluding hydrogens is 250 g/mol. The molecule has 0 saturated carbocycles. The maximum absolute atomic E-state index is 4.54. The number of nitrogens with zero attached hydrogens (tertiary/aromatic N) is 4. The molecule has 104 valence electrons. The van der Waals surface area contributed by atoms with Crippen molar-refractivity contribution in [3.05, 3.63) is 35.5 Å². The molecule has 0 aliphatic carbocycles. The van der Waals surface area contributed by atoms with E-state index in [1.165, 1.54) is 24.0 Å². The normalized spacial score (nSPS) is 14.6. The molecule has 1 aliphatic rings. The topological polar surface area (TPSA) is 53.9 Å². The molecule has 5 nitrogen and oxygen atoms in total. The first-order valence-corrected chi connectivity index (χ1v) is 7.01. The van der Waals surface area contributed by atoms with Gasteiger partial charge in [0.05, 0.1) is 6.20 Å². The Kier molecular flexibility index (Phi) is 3.50. The zero-order valence-electron chi connectivity index (χ0n) is 11.9. The van der Waals surface area contributed by atoms with Crippen LogP contribution in [0.1, 0.15) is 24.0 Å². The van der Waals surface area contributed by atoms with Crippen LogP contribution in [0.2, 0.25) is 0 Å². The maximum atomic E-state index is 4.54. The minimum absolute atomic E-state index is 0.719. The minimum Gasteiger partial charge on any atom is -0.339 e. The van der Waals surface area contributed by atoms with Crippen molar-refractivity contribution in [3.8, 4) is 0 Å². The molecule has 2 aromatic rings. The van der Waals surface area contributed by atoms with E-state index >= 15 is 0 Å². The summed E-state index contributed by atoms with van der Waals surface area (Å²) >= 11 is 0. The van der Waals surface area contributed by atoms with Crippen LogP contribution in [0.15, 0.2) is 24.4 Å². The second-order valence-electron chi connectivity index (χ2n) is 5.26. The zero-order chi connectivity index (χ0) is 13.9. The quantitative estimate of drug-likeness (QED) is 0.928. The van der Waals surface area contributed by atoms with Gasteiger partial charge in [0.15, 0.2) is 5.82 Å². The van der Waals surface area contributed by atoms with Crippen LogP contribution >= 0.6 is 0 Å². The van der Waals surface area contributed by atoms with E-state index in [1.54, 1.807) is 6.20 Å². The standard InChI is InChI=1S/C15H19N5/c1-11-5-6-13(9-12(11)2)17-14-10-16-19-15(18-14)20-7-3-4-8-20/h5-6,9-10H,3-4,7-8H2,1-2H3,(H,17,18,19). The third-order valence-electron chi connectivity index (χ3n) is 3.72. The van der Waals surface area contributed by atoms with E-state index < -0.39 is 0 Å². The van der Waals surface area contributed by atoms with Gasteiger partial charge in [0, 0.05) is 18.8 Å². The summed E-state index contributed by atoms with van der Waals surface area (Å²) in [6, 6.07) is 6.28. The molecule has 1 saturated heterocycles. The van der Waals surface area contributed by atoms with E-state index in [-0.39, 0.29) is 0 Å². The Morgan fingerprint density at radius 3 is 2.65 bits per heavy atom. The van der Waals surface area contributed by atoms with Crippen molar-refractivity contribution >= 4 is 17.5 Å². The number of aromatic nitrogens is 3. The van der Waals surface area contributed by atoms with Gasteiger partial charge in [0.1, 0.15) is 0 Å². The van der Waals surface area contributed by atoms with Gasteiger partial charge in [-0.05, 0) is 49.9 Å². The van der Waals surface area contributed by atoms with Gasteiger partial charge in [-0.2, -0.15) is 10.1 Å². The molecule has 1 aliphatic heterocycles. The maximum Gasteiger partial charge on any atom is 0.247 e. The van der Waals surface area contributed by atoms with E-state index in [0.717, 1.165) is 30.5 Å². The summed E-state index contributed by atoms with van der Waals surface area (Å²) in [4.78, 5) is 6.72. The summed E-state index contributed by atoms with van der Waals surface area (Å²) < 4.78 is 0. The van der Waals surface area contributed by atoms with E-state index in [4.69, 9.17) is 0 Å². The molecule has 0 spiro atoms. The molecule has 1 aromatic heterocycles. The number of aryl methyl sites for hydroxylation is 2. The third kappa shape index (κ3) is 2.71. The average molecular weight is 269 g/mol. The Morgan fingerprint density at radius 2 is 1.90 bits per heavy atom. The van der Waals surface area contributed by atoms with Crippen molar-refractivity contribution < 1.29 is 0 Å². The summed E-state index contributed by atoms with van der Waals surface area (Å²) in [7, 11) is 0. The summed E-state index contributed by atoms with van der Waals surface area (Å²) in [5.74, 6) is 1.46. The van der Waals surface area contributed by atoms with E-state index in [9.17, 15) is 0 Å². The van der Waals surface area contributed by atoms with Crippen molar-refractivity contribution in [2.24, 2.45) is 0 Å². The lowest BCUT2D eigenvalue weighted by atomic mass is 10.1. The van der Waals surface area contributed by atoms with E-state index in [2.05, 4.69) is 57.4 Å². The highest BCUT2D eigenvalue weighted by Crippen LogP contribution is 2.20. The summed E-state index contributed by atoms with van der Waals surface area (Å²) in [6.07, 6.45) is 4.07. The monoisotopic (exact) mass is 269 g/mol. The first-order chi connectivity index (χ1) is 9.72. The first kappa shape index (κ1) is 12.8. The lowest BCUT2D eigenvalue weighted by Crippen LogP contribution is -2.21. The number of hydrogen-bond donors (Lipinski definition) is 1. The highest BCUT2D eigenvalue weighted by Gasteiger charge is 2.15. The highest BCUT2D eigenvalue weighted by molar-refractivity contribution is 5.58. The fraction of sp³-hybridized carbons (Fsp3) is 0.400. The number of anilines is 3. The molecule has 1 fully saturated rings. The predicted molar refractivity (Wildman–Crippen MR) is 80.5 cm³/mol. The molecule has 0 atom stereocenters. The van der Waals surface area contributed by atoms with Gasteiger partial charge in [0.25, 0.3) is 0 Å². The smallest absolute Gasteiger partial charge is 0.247 e. The van der Waals surface area contributed by atoms with Gasteiger partial charge in [0.2, 0.25) is 5.95 Å². The number of nitrogens with one attached hydrogen (secondary N) is 1. The van der Waals surface area contributed by atoms with Crippen LogP contribution in [-0.4, -0.2) is 28.3 Å². The average Bonchev–Trinajstić information content (AvgIpc) is 2.97. The Balaban J connectivity index is 1.79. The van der Waals surface area contributed by atoms with Gasteiger partial charge < -0.3 is 10.2 Å². The molecule has 0 amide bonds. The zero-order valence-corrected chi connectivity index (χ0v) is 11.9. The van der Waals surface area contributed by atoms with Crippen LogP contribution in [0.5, 0.6) is 0 Å². The van der Waals surface area contributed by atoms with Gasteiger partial charge in [-0.1, -0.05) is 6.07 Å². The number of benzene rings is 1. The predicted octanol–water partition coefficient (Wildman–Crippen LogP) is 2.83. The van der Waals surface area contributed by atoms with Crippen molar-refractivity contribution in [1.29, 1.82) is 0 Å².